The minimum Gasteiger partial charge on any atom is -0.497 e. The van der Waals surface area contributed by atoms with Gasteiger partial charge in [-0.05, 0) is 36.4 Å². The highest BCUT2D eigenvalue weighted by molar-refractivity contribution is 5.33. The van der Waals surface area contributed by atoms with Crippen molar-refractivity contribution in [1.29, 1.82) is 0 Å². The van der Waals surface area contributed by atoms with Gasteiger partial charge in [0.25, 0.3) is 0 Å². The number of aromatic nitrogens is 2. The average molecular weight is 284 g/mol. The fraction of sp³-hybridized carbons (Fsp3) is 0.0667. The van der Waals surface area contributed by atoms with Gasteiger partial charge in [0.05, 0.1) is 12.8 Å². The van der Waals surface area contributed by atoms with Crippen molar-refractivity contribution in [3.8, 4) is 23.3 Å². The van der Waals surface area contributed by atoms with Crippen LogP contribution in [0.5, 0.6) is 17.6 Å². The van der Waals surface area contributed by atoms with Crippen LogP contribution in [0.4, 0.5) is 0 Å². The summed E-state index contributed by atoms with van der Waals surface area (Å²) in [7, 11) is 1.58. The molecule has 6 heteroatoms. The fourth-order valence-corrected chi connectivity index (χ4v) is 1.78. The van der Waals surface area contributed by atoms with Crippen molar-refractivity contribution in [3.63, 3.8) is 0 Å². The van der Waals surface area contributed by atoms with Crippen molar-refractivity contribution in [3.05, 3.63) is 65.1 Å². The van der Waals surface area contributed by atoms with Crippen LogP contribution in [0.1, 0.15) is 0 Å². The highest BCUT2D eigenvalue weighted by Gasteiger charge is 2.11. The number of methoxy groups -OCH3 is 1. The molecule has 0 aliphatic carbocycles. The highest BCUT2D eigenvalue weighted by atomic mass is 16.6. The Balaban J connectivity index is 1.85. The molecule has 3 rings (SSSR count). The maximum Gasteiger partial charge on any atom is 0.444 e. The summed E-state index contributed by atoms with van der Waals surface area (Å²) in [4.78, 5) is 11.8. The summed E-state index contributed by atoms with van der Waals surface area (Å²) >= 11 is 0. The van der Waals surface area contributed by atoms with E-state index < -0.39 is 5.76 Å². The van der Waals surface area contributed by atoms with E-state index in [-0.39, 0.29) is 6.08 Å². The van der Waals surface area contributed by atoms with E-state index in [2.05, 4.69) is 5.10 Å². The summed E-state index contributed by atoms with van der Waals surface area (Å²) in [6, 6.07) is 15.8. The molecule has 1 aromatic heterocycles. The summed E-state index contributed by atoms with van der Waals surface area (Å²) in [5.41, 5.74) is 0.607. The van der Waals surface area contributed by atoms with Gasteiger partial charge in [0, 0.05) is 0 Å². The van der Waals surface area contributed by atoms with Gasteiger partial charge < -0.3 is 13.9 Å². The summed E-state index contributed by atoms with van der Waals surface area (Å²) in [6.45, 7) is 0. The largest absolute Gasteiger partial charge is 0.497 e. The van der Waals surface area contributed by atoms with Crippen molar-refractivity contribution >= 4 is 0 Å². The lowest BCUT2D eigenvalue weighted by Crippen LogP contribution is -2.12. The maximum absolute atomic E-state index is 11.8. The molecule has 0 amide bonds. The Morgan fingerprint density at radius 3 is 2.33 bits per heavy atom. The van der Waals surface area contributed by atoms with Crippen molar-refractivity contribution in [2.24, 2.45) is 0 Å². The highest BCUT2D eigenvalue weighted by Crippen LogP contribution is 2.21. The predicted molar refractivity (Wildman–Crippen MR) is 75.2 cm³/mol. The summed E-state index contributed by atoms with van der Waals surface area (Å²) < 4.78 is 16.6. The molecule has 0 fully saturated rings. The minimum absolute atomic E-state index is 0.117. The van der Waals surface area contributed by atoms with Gasteiger partial charge in [-0.3, -0.25) is 0 Å². The van der Waals surface area contributed by atoms with Gasteiger partial charge in [-0.1, -0.05) is 23.3 Å². The standard InChI is InChI=1S/C15H12N2O4/c1-19-12-7-9-13(10-8-12)20-14-16-17(15(18)21-14)11-5-3-2-4-6-11/h2-10H,1H3. The Bertz CT molecular complexity index is 775. The fourth-order valence-electron chi connectivity index (χ4n) is 1.78. The van der Waals surface area contributed by atoms with E-state index >= 15 is 0 Å². The zero-order valence-electron chi connectivity index (χ0n) is 11.2. The predicted octanol–water partition coefficient (Wildman–Crippen LogP) is 2.63. The summed E-state index contributed by atoms with van der Waals surface area (Å²) in [6.07, 6.45) is -0.117. The Kier molecular flexibility index (Phi) is 3.42. The molecule has 106 valence electrons. The van der Waals surface area contributed by atoms with Crippen LogP contribution in [0.15, 0.2) is 63.8 Å². The number of benzene rings is 2. The number of ether oxygens (including phenoxy) is 2. The van der Waals surface area contributed by atoms with E-state index in [1.54, 1.807) is 55.6 Å². The second-order valence-corrected chi connectivity index (χ2v) is 4.16. The smallest absolute Gasteiger partial charge is 0.444 e. The molecule has 0 saturated heterocycles. The third kappa shape index (κ3) is 2.79. The van der Waals surface area contributed by atoms with Crippen LogP contribution in [0.25, 0.3) is 5.69 Å². The van der Waals surface area contributed by atoms with E-state index in [1.807, 2.05) is 6.07 Å². The first-order chi connectivity index (χ1) is 10.3. The van der Waals surface area contributed by atoms with Crippen molar-refractivity contribution < 1.29 is 13.9 Å². The van der Waals surface area contributed by atoms with Gasteiger partial charge >= 0.3 is 11.8 Å². The van der Waals surface area contributed by atoms with Crippen LogP contribution in [0.2, 0.25) is 0 Å². The van der Waals surface area contributed by atoms with Crippen molar-refractivity contribution in [2.75, 3.05) is 7.11 Å². The quantitative estimate of drug-likeness (QED) is 0.736. The molecule has 2 aromatic carbocycles. The van der Waals surface area contributed by atoms with E-state index in [0.717, 1.165) is 4.68 Å². The Labute approximate surface area is 120 Å². The Morgan fingerprint density at radius 1 is 1.00 bits per heavy atom. The van der Waals surface area contributed by atoms with Crippen LogP contribution >= 0.6 is 0 Å². The van der Waals surface area contributed by atoms with E-state index in [1.165, 1.54) is 0 Å². The Morgan fingerprint density at radius 2 is 1.67 bits per heavy atom. The lowest BCUT2D eigenvalue weighted by atomic mass is 10.3. The zero-order chi connectivity index (χ0) is 14.7. The van der Waals surface area contributed by atoms with Crippen molar-refractivity contribution in [2.45, 2.75) is 0 Å². The van der Waals surface area contributed by atoms with E-state index in [9.17, 15) is 4.79 Å². The molecule has 0 bridgehead atoms. The second-order valence-electron chi connectivity index (χ2n) is 4.16. The maximum atomic E-state index is 11.8. The lowest BCUT2D eigenvalue weighted by molar-refractivity contribution is 0.319. The molecule has 1 heterocycles. The molecule has 0 aliphatic rings. The van der Waals surface area contributed by atoms with Crippen LogP contribution < -0.4 is 15.2 Å². The van der Waals surface area contributed by atoms with Crippen molar-refractivity contribution in [1.82, 2.24) is 9.78 Å². The van der Waals surface area contributed by atoms with E-state index in [0.29, 0.717) is 17.2 Å². The molecule has 21 heavy (non-hydrogen) atoms. The molecular formula is C15H12N2O4. The molecule has 0 aliphatic heterocycles. The van der Waals surface area contributed by atoms with Crippen LogP contribution in [-0.2, 0) is 0 Å². The number of rotatable bonds is 4. The van der Waals surface area contributed by atoms with Crippen LogP contribution in [-0.4, -0.2) is 16.9 Å². The van der Waals surface area contributed by atoms with Gasteiger partial charge in [-0.2, -0.15) is 4.68 Å². The normalized spacial score (nSPS) is 10.3. The molecule has 0 saturated carbocycles. The first-order valence-electron chi connectivity index (χ1n) is 6.24. The minimum atomic E-state index is -0.607. The van der Waals surface area contributed by atoms with Gasteiger partial charge in [-0.15, -0.1) is 0 Å². The van der Waals surface area contributed by atoms with Crippen LogP contribution in [0, 0.1) is 0 Å². The first-order valence-corrected chi connectivity index (χ1v) is 6.24. The molecule has 6 nitrogen and oxygen atoms in total. The molecule has 3 aromatic rings. The second kappa shape index (κ2) is 5.54. The molecule has 0 atom stereocenters. The van der Waals surface area contributed by atoms with Gasteiger partial charge in [0.2, 0.25) is 0 Å². The molecule has 0 radical (unpaired) electrons. The number of hydrogen-bond acceptors (Lipinski definition) is 5. The molecular weight excluding hydrogens is 272 g/mol. The third-order valence-electron chi connectivity index (χ3n) is 2.79. The topological polar surface area (TPSA) is 66.5 Å². The molecule has 0 N–H and O–H groups in total. The Hall–Kier alpha value is -3.02. The monoisotopic (exact) mass is 284 g/mol. The SMILES string of the molecule is COc1ccc(Oc2nn(-c3ccccc3)c(=O)o2)cc1. The average Bonchev–Trinajstić information content (AvgIpc) is 2.89. The number of hydrogen-bond donors (Lipinski definition) is 0. The lowest BCUT2D eigenvalue weighted by Gasteiger charge is -2.01. The van der Waals surface area contributed by atoms with Gasteiger partial charge in [0.15, 0.2) is 0 Å². The zero-order valence-corrected chi connectivity index (χ0v) is 11.2. The van der Waals surface area contributed by atoms with Gasteiger partial charge in [0.1, 0.15) is 11.5 Å². The van der Waals surface area contributed by atoms with Crippen LogP contribution in [0.3, 0.4) is 0 Å². The van der Waals surface area contributed by atoms with Gasteiger partial charge in [-0.25, -0.2) is 4.79 Å². The number of nitrogens with zero attached hydrogens (tertiary/aromatic N) is 2. The summed E-state index contributed by atoms with van der Waals surface area (Å²) in [5, 5.41) is 4.00. The molecule has 0 unspecified atom stereocenters. The number of para-hydroxylation sites is 1. The van der Waals surface area contributed by atoms with E-state index in [4.69, 9.17) is 13.9 Å². The first kappa shape index (κ1) is 13.0. The third-order valence-corrected chi connectivity index (χ3v) is 2.79. The molecule has 0 spiro atoms. The summed E-state index contributed by atoms with van der Waals surface area (Å²) in [5.74, 6) is 0.598.